The third kappa shape index (κ3) is 3.75. The van der Waals surface area contributed by atoms with Crippen LogP contribution in [0.4, 0.5) is 13.2 Å². The minimum atomic E-state index is -4.42. The highest BCUT2D eigenvalue weighted by molar-refractivity contribution is 5.80. The van der Waals surface area contributed by atoms with Crippen molar-refractivity contribution in [2.75, 3.05) is 0 Å². The molecule has 148 valence electrons. The molecule has 2 aromatic rings. The third-order valence-corrected chi connectivity index (χ3v) is 5.76. The summed E-state index contributed by atoms with van der Waals surface area (Å²) in [6, 6.07) is 6.18. The molecule has 0 aromatic carbocycles. The second-order valence-corrected chi connectivity index (χ2v) is 7.59. The Morgan fingerprint density at radius 2 is 1.93 bits per heavy atom. The Kier molecular flexibility index (Phi) is 5.08. The van der Waals surface area contributed by atoms with Crippen LogP contribution in [0.15, 0.2) is 36.7 Å². The molecule has 0 aliphatic heterocycles. The second kappa shape index (κ2) is 7.53. The number of fused-ring (bicyclic) bond motifs is 1. The van der Waals surface area contributed by atoms with Gasteiger partial charge in [0.2, 0.25) is 5.91 Å². The Bertz CT molecular complexity index is 847. The van der Waals surface area contributed by atoms with Crippen LogP contribution in [-0.2, 0) is 23.9 Å². The minimum absolute atomic E-state index is 0.00328. The number of halogens is 3. The molecule has 28 heavy (non-hydrogen) atoms. The number of aryl methyl sites for hydroxylation is 1. The highest BCUT2D eigenvalue weighted by Gasteiger charge is 2.36. The number of alkyl halides is 3. The van der Waals surface area contributed by atoms with Crippen LogP contribution < -0.4 is 0 Å². The van der Waals surface area contributed by atoms with Gasteiger partial charge in [-0.3, -0.25) is 14.8 Å². The Labute approximate surface area is 161 Å². The monoisotopic (exact) mass is 389 g/mol. The minimum Gasteiger partial charge on any atom is -0.328 e. The number of rotatable bonds is 4. The maximum atomic E-state index is 13.2. The van der Waals surface area contributed by atoms with Gasteiger partial charge in [0.25, 0.3) is 0 Å². The lowest BCUT2D eigenvalue weighted by molar-refractivity contribution is -0.142. The Balaban J connectivity index is 1.62. The molecule has 1 unspecified atom stereocenters. The number of pyridine rings is 2. The molecule has 2 aliphatic carbocycles. The van der Waals surface area contributed by atoms with Gasteiger partial charge in [-0.2, -0.15) is 13.2 Å². The van der Waals surface area contributed by atoms with Crippen LogP contribution in [0.3, 0.4) is 0 Å². The molecule has 2 aliphatic rings. The molecule has 0 radical (unpaired) electrons. The third-order valence-electron chi connectivity index (χ3n) is 5.76. The van der Waals surface area contributed by atoms with E-state index in [9.17, 15) is 18.0 Å². The number of amides is 1. The summed E-state index contributed by atoms with van der Waals surface area (Å²) in [5.74, 6) is 0.0694. The van der Waals surface area contributed by atoms with Crippen LogP contribution in [0.1, 0.15) is 60.7 Å². The smallest absolute Gasteiger partial charge is 0.328 e. The van der Waals surface area contributed by atoms with Crippen molar-refractivity contribution in [3.05, 3.63) is 59.2 Å². The van der Waals surface area contributed by atoms with E-state index in [0.717, 1.165) is 62.0 Å². The van der Waals surface area contributed by atoms with E-state index >= 15 is 0 Å². The van der Waals surface area contributed by atoms with E-state index in [0.29, 0.717) is 5.69 Å². The van der Waals surface area contributed by atoms with Crippen LogP contribution in [0.2, 0.25) is 0 Å². The Morgan fingerprint density at radius 3 is 2.57 bits per heavy atom. The van der Waals surface area contributed by atoms with E-state index in [-0.39, 0.29) is 24.4 Å². The fourth-order valence-corrected chi connectivity index (χ4v) is 3.98. The molecule has 2 heterocycles. The first-order valence-electron chi connectivity index (χ1n) is 9.70. The van der Waals surface area contributed by atoms with Crippen molar-refractivity contribution in [2.45, 2.75) is 57.3 Å². The van der Waals surface area contributed by atoms with Gasteiger partial charge in [-0.1, -0.05) is 12.5 Å². The van der Waals surface area contributed by atoms with E-state index in [1.165, 1.54) is 6.07 Å². The van der Waals surface area contributed by atoms with Crippen LogP contribution in [0, 0.1) is 5.92 Å². The van der Waals surface area contributed by atoms with Gasteiger partial charge in [0.15, 0.2) is 0 Å². The SMILES string of the molecule is O=C(C1CCC1)N(Cc1ccc(C(F)(F)F)cn1)C1CCCc2cccnc21. The van der Waals surface area contributed by atoms with Crippen LogP contribution >= 0.6 is 0 Å². The lowest BCUT2D eigenvalue weighted by Crippen LogP contribution is -2.42. The molecule has 1 saturated carbocycles. The maximum absolute atomic E-state index is 13.2. The van der Waals surface area contributed by atoms with Crippen molar-refractivity contribution in [1.82, 2.24) is 14.9 Å². The topological polar surface area (TPSA) is 46.1 Å². The van der Waals surface area contributed by atoms with Gasteiger partial charge in [0.05, 0.1) is 29.5 Å². The maximum Gasteiger partial charge on any atom is 0.417 e. The Morgan fingerprint density at radius 1 is 1.11 bits per heavy atom. The molecule has 2 aromatic heterocycles. The van der Waals surface area contributed by atoms with Crippen molar-refractivity contribution in [3.63, 3.8) is 0 Å². The summed E-state index contributed by atoms with van der Waals surface area (Å²) in [4.78, 5) is 23.5. The van der Waals surface area contributed by atoms with Gasteiger partial charge in [0.1, 0.15) is 0 Å². The summed E-state index contributed by atoms with van der Waals surface area (Å²) in [5.41, 5.74) is 1.74. The van der Waals surface area contributed by atoms with Crippen molar-refractivity contribution < 1.29 is 18.0 Å². The van der Waals surface area contributed by atoms with Gasteiger partial charge < -0.3 is 4.90 Å². The van der Waals surface area contributed by atoms with E-state index in [1.54, 1.807) is 11.1 Å². The van der Waals surface area contributed by atoms with E-state index in [1.807, 2.05) is 12.1 Å². The molecule has 0 spiro atoms. The van der Waals surface area contributed by atoms with Crippen LogP contribution in [0.25, 0.3) is 0 Å². The lowest BCUT2D eigenvalue weighted by Gasteiger charge is -2.38. The first-order chi connectivity index (χ1) is 13.4. The molecule has 0 saturated heterocycles. The first kappa shape index (κ1) is 18.9. The predicted octanol–water partition coefficient (Wildman–Crippen LogP) is 4.70. The molecule has 7 heteroatoms. The zero-order valence-corrected chi connectivity index (χ0v) is 15.5. The highest BCUT2D eigenvalue weighted by atomic mass is 19.4. The van der Waals surface area contributed by atoms with Crippen molar-refractivity contribution in [1.29, 1.82) is 0 Å². The highest BCUT2D eigenvalue weighted by Crippen LogP contribution is 2.37. The summed E-state index contributed by atoms with van der Waals surface area (Å²) in [6.45, 7) is 0.203. The average Bonchev–Trinajstić information content (AvgIpc) is 2.64. The van der Waals surface area contributed by atoms with Gasteiger partial charge in [-0.05, 0) is 55.9 Å². The van der Waals surface area contributed by atoms with Gasteiger partial charge in [-0.25, -0.2) is 0 Å². The molecule has 1 fully saturated rings. The number of hydrogen-bond acceptors (Lipinski definition) is 3. The van der Waals surface area contributed by atoms with Gasteiger partial charge in [0, 0.05) is 18.3 Å². The average molecular weight is 389 g/mol. The number of hydrogen-bond donors (Lipinski definition) is 0. The molecule has 1 amide bonds. The summed E-state index contributed by atoms with van der Waals surface area (Å²) in [7, 11) is 0. The van der Waals surface area contributed by atoms with Crippen molar-refractivity contribution >= 4 is 5.91 Å². The fourth-order valence-electron chi connectivity index (χ4n) is 3.98. The largest absolute Gasteiger partial charge is 0.417 e. The predicted molar refractivity (Wildman–Crippen MR) is 97.0 cm³/mol. The molecular formula is C21H22F3N3O. The van der Waals surface area contributed by atoms with Gasteiger partial charge in [-0.15, -0.1) is 0 Å². The zero-order valence-electron chi connectivity index (χ0n) is 15.5. The van der Waals surface area contributed by atoms with E-state index in [4.69, 9.17) is 0 Å². The first-order valence-corrected chi connectivity index (χ1v) is 9.70. The van der Waals surface area contributed by atoms with Crippen LogP contribution in [0.5, 0.6) is 0 Å². The molecule has 4 rings (SSSR count). The summed E-state index contributed by atoms with van der Waals surface area (Å²) >= 11 is 0. The van der Waals surface area contributed by atoms with Crippen LogP contribution in [-0.4, -0.2) is 20.8 Å². The molecule has 0 N–H and O–H groups in total. The number of carbonyl (C=O) groups is 1. The number of nitrogens with zero attached hydrogens (tertiary/aromatic N) is 3. The lowest BCUT2D eigenvalue weighted by atomic mass is 9.83. The molecule has 0 bridgehead atoms. The standard InChI is InChI=1S/C21H22F3N3O/c22-21(23,24)16-9-10-17(26-12-16)13-27(20(28)15-5-1-6-15)18-8-2-4-14-7-3-11-25-19(14)18/h3,7,9-12,15,18H,1-2,4-6,8,13H2. The molecule has 1 atom stereocenters. The zero-order chi connectivity index (χ0) is 19.7. The summed E-state index contributed by atoms with van der Waals surface area (Å²) < 4.78 is 38.4. The molecule has 4 nitrogen and oxygen atoms in total. The summed E-state index contributed by atoms with van der Waals surface area (Å²) in [5, 5.41) is 0. The number of aromatic nitrogens is 2. The van der Waals surface area contributed by atoms with Gasteiger partial charge >= 0.3 is 6.18 Å². The van der Waals surface area contributed by atoms with E-state index in [2.05, 4.69) is 9.97 Å². The summed E-state index contributed by atoms with van der Waals surface area (Å²) in [6.07, 6.45) is 3.65. The van der Waals surface area contributed by atoms with Crippen molar-refractivity contribution in [2.24, 2.45) is 5.92 Å². The second-order valence-electron chi connectivity index (χ2n) is 7.59. The number of carbonyl (C=O) groups excluding carboxylic acids is 1. The fraction of sp³-hybridized carbons (Fsp3) is 0.476. The van der Waals surface area contributed by atoms with E-state index < -0.39 is 11.7 Å². The Hall–Kier alpha value is -2.44. The van der Waals surface area contributed by atoms with Crippen molar-refractivity contribution in [3.8, 4) is 0 Å². The quantitative estimate of drug-likeness (QED) is 0.761. The molecular weight excluding hydrogens is 367 g/mol. The normalized spacial score (nSPS) is 19.6.